The first kappa shape index (κ1) is 14.8. The summed E-state index contributed by atoms with van der Waals surface area (Å²) >= 11 is 5.53. The van der Waals surface area contributed by atoms with E-state index < -0.39 is 0 Å². The molecule has 0 spiro atoms. The minimum absolute atomic E-state index is 0.844. The van der Waals surface area contributed by atoms with Crippen molar-refractivity contribution in [3.05, 3.63) is 10.5 Å². The van der Waals surface area contributed by atoms with Crippen LogP contribution in [0, 0.1) is 23.5 Å². The molecule has 4 nitrogen and oxygen atoms in total. The normalized spacial score (nSPS) is 23.0. The van der Waals surface area contributed by atoms with Crippen molar-refractivity contribution < 1.29 is 0 Å². The third-order valence-corrected chi connectivity index (χ3v) is 5.35. The van der Waals surface area contributed by atoms with Crippen molar-refractivity contribution in [1.29, 1.82) is 0 Å². The largest absolute Gasteiger partial charge is 0.328 e. The third kappa shape index (κ3) is 2.80. The average molecular weight is 306 g/mol. The monoisotopic (exact) mass is 306 g/mol. The number of aryl methyl sites for hydroxylation is 3. The van der Waals surface area contributed by atoms with E-state index in [4.69, 9.17) is 12.2 Å². The van der Waals surface area contributed by atoms with Gasteiger partial charge >= 0.3 is 0 Å². The van der Waals surface area contributed by atoms with Crippen LogP contribution in [0.4, 0.5) is 0 Å². The van der Waals surface area contributed by atoms with Gasteiger partial charge in [0.2, 0.25) is 0 Å². The number of H-pyrrole nitrogens is 1. The summed E-state index contributed by atoms with van der Waals surface area (Å²) in [6, 6.07) is 0. The van der Waals surface area contributed by atoms with Crippen LogP contribution in [0.2, 0.25) is 0 Å². The molecule has 0 atom stereocenters. The smallest absolute Gasteiger partial charge is 0.179 e. The molecule has 0 saturated heterocycles. The van der Waals surface area contributed by atoms with Crippen LogP contribution < -0.4 is 0 Å². The number of aromatic nitrogens is 4. The summed E-state index contributed by atoms with van der Waals surface area (Å²) in [6.07, 6.45) is 6.79. The molecule has 2 heterocycles. The summed E-state index contributed by atoms with van der Waals surface area (Å²) < 4.78 is 5.17. The van der Waals surface area contributed by atoms with Gasteiger partial charge in [-0.25, -0.2) is 4.68 Å². The highest BCUT2D eigenvalue weighted by Crippen LogP contribution is 2.31. The first-order valence-electron chi connectivity index (χ1n) is 8.26. The number of aromatic amines is 1. The van der Waals surface area contributed by atoms with Crippen molar-refractivity contribution >= 4 is 23.4 Å². The Morgan fingerprint density at radius 2 is 2.00 bits per heavy atom. The lowest BCUT2D eigenvalue weighted by atomic mass is 9.81. The summed E-state index contributed by atoms with van der Waals surface area (Å²) in [5, 5.41) is 4.59. The Bertz CT molecular complexity index is 670. The molecule has 0 bridgehead atoms. The standard InChI is InChI=1S/C16H26N4S/c1-4-20-15-14(12(3)18-20)17-16(21)19(15)10-9-13-7-5-11(2)6-8-13/h11,13H,4-10H2,1-3H3,(H,17,21). The summed E-state index contributed by atoms with van der Waals surface area (Å²) in [4.78, 5) is 3.34. The van der Waals surface area contributed by atoms with E-state index >= 15 is 0 Å². The number of imidazole rings is 1. The molecule has 21 heavy (non-hydrogen) atoms. The van der Waals surface area contributed by atoms with Crippen LogP contribution in [-0.4, -0.2) is 19.3 Å². The quantitative estimate of drug-likeness (QED) is 0.848. The Balaban J connectivity index is 1.80. The number of hydrogen-bond donors (Lipinski definition) is 1. The van der Waals surface area contributed by atoms with Crippen molar-refractivity contribution in [3.63, 3.8) is 0 Å². The van der Waals surface area contributed by atoms with E-state index in [0.29, 0.717) is 0 Å². The lowest BCUT2D eigenvalue weighted by Crippen LogP contribution is -2.15. The Morgan fingerprint density at radius 3 is 2.67 bits per heavy atom. The molecule has 2 aromatic rings. The molecule has 1 N–H and O–H groups in total. The van der Waals surface area contributed by atoms with Crippen LogP contribution in [0.15, 0.2) is 0 Å². The third-order valence-electron chi connectivity index (χ3n) is 5.03. The van der Waals surface area contributed by atoms with Crippen LogP contribution in [-0.2, 0) is 13.1 Å². The summed E-state index contributed by atoms with van der Waals surface area (Å²) in [6.45, 7) is 8.47. The second-order valence-corrected chi connectivity index (χ2v) is 6.98. The highest BCUT2D eigenvalue weighted by molar-refractivity contribution is 7.71. The Hall–Kier alpha value is -1.10. The zero-order valence-corrected chi connectivity index (χ0v) is 14.2. The Morgan fingerprint density at radius 1 is 1.29 bits per heavy atom. The zero-order valence-electron chi connectivity index (χ0n) is 13.4. The van der Waals surface area contributed by atoms with Gasteiger partial charge in [0.05, 0.1) is 5.69 Å². The molecule has 1 aliphatic rings. The SMILES string of the molecule is CCn1nc(C)c2[nH]c(=S)n(CCC3CCC(C)CC3)c21. The molecule has 116 valence electrons. The minimum Gasteiger partial charge on any atom is -0.328 e. The molecule has 2 aromatic heterocycles. The summed E-state index contributed by atoms with van der Waals surface area (Å²) in [7, 11) is 0. The predicted octanol–water partition coefficient (Wildman–Crippen LogP) is 4.44. The maximum absolute atomic E-state index is 5.53. The fourth-order valence-electron chi connectivity index (χ4n) is 3.62. The van der Waals surface area contributed by atoms with E-state index in [1.807, 2.05) is 6.92 Å². The van der Waals surface area contributed by atoms with Crippen LogP contribution in [0.3, 0.4) is 0 Å². The van der Waals surface area contributed by atoms with Gasteiger partial charge in [0.1, 0.15) is 5.52 Å². The van der Waals surface area contributed by atoms with Crippen LogP contribution in [0.5, 0.6) is 0 Å². The van der Waals surface area contributed by atoms with Crippen LogP contribution >= 0.6 is 12.2 Å². The highest BCUT2D eigenvalue weighted by atomic mass is 32.1. The number of hydrogen-bond acceptors (Lipinski definition) is 2. The molecule has 1 fully saturated rings. The molecule has 1 saturated carbocycles. The lowest BCUT2D eigenvalue weighted by molar-refractivity contribution is 0.269. The molecule has 5 heteroatoms. The molecule has 0 radical (unpaired) electrons. The summed E-state index contributed by atoms with van der Waals surface area (Å²) in [5.41, 5.74) is 3.33. The van der Waals surface area contributed by atoms with Gasteiger partial charge in [-0.3, -0.25) is 0 Å². The topological polar surface area (TPSA) is 38.5 Å². The van der Waals surface area contributed by atoms with Crippen molar-refractivity contribution in [2.24, 2.45) is 11.8 Å². The highest BCUT2D eigenvalue weighted by Gasteiger charge is 2.19. The van der Waals surface area contributed by atoms with Crippen LogP contribution in [0.1, 0.15) is 51.6 Å². The van der Waals surface area contributed by atoms with Gasteiger partial charge in [0.15, 0.2) is 10.4 Å². The molecule has 3 rings (SSSR count). The Kier molecular flexibility index (Phi) is 4.20. The van der Waals surface area contributed by atoms with Gasteiger partial charge in [-0.05, 0) is 44.3 Å². The van der Waals surface area contributed by atoms with Crippen molar-refractivity contribution in [2.75, 3.05) is 0 Å². The van der Waals surface area contributed by atoms with E-state index in [9.17, 15) is 0 Å². The van der Waals surface area contributed by atoms with Crippen molar-refractivity contribution in [1.82, 2.24) is 19.3 Å². The van der Waals surface area contributed by atoms with E-state index in [2.05, 4.69) is 33.2 Å². The predicted molar refractivity (Wildman–Crippen MR) is 89.1 cm³/mol. The second-order valence-electron chi connectivity index (χ2n) is 6.60. The zero-order chi connectivity index (χ0) is 15.0. The van der Waals surface area contributed by atoms with Gasteiger partial charge in [0, 0.05) is 13.1 Å². The first-order chi connectivity index (χ1) is 10.1. The minimum atomic E-state index is 0.844. The van der Waals surface area contributed by atoms with E-state index in [0.717, 1.165) is 40.9 Å². The van der Waals surface area contributed by atoms with Gasteiger partial charge in [-0.15, -0.1) is 0 Å². The first-order valence-corrected chi connectivity index (χ1v) is 8.66. The molecule has 1 aliphatic carbocycles. The van der Waals surface area contributed by atoms with Gasteiger partial charge in [0.25, 0.3) is 0 Å². The van der Waals surface area contributed by atoms with Crippen LogP contribution in [0.25, 0.3) is 11.2 Å². The van der Waals surface area contributed by atoms with E-state index in [1.54, 1.807) is 0 Å². The fourth-order valence-corrected chi connectivity index (χ4v) is 3.90. The summed E-state index contributed by atoms with van der Waals surface area (Å²) in [5.74, 6) is 1.79. The maximum Gasteiger partial charge on any atom is 0.179 e. The van der Waals surface area contributed by atoms with Gasteiger partial charge < -0.3 is 9.55 Å². The molecule has 0 aliphatic heterocycles. The van der Waals surface area contributed by atoms with Crippen molar-refractivity contribution in [2.45, 2.75) is 66.0 Å². The number of nitrogens with zero attached hydrogens (tertiary/aromatic N) is 3. The molecular formula is C16H26N4S. The van der Waals surface area contributed by atoms with E-state index in [1.165, 1.54) is 37.8 Å². The number of nitrogens with one attached hydrogen (secondary N) is 1. The van der Waals surface area contributed by atoms with Gasteiger partial charge in [-0.1, -0.05) is 32.6 Å². The fraction of sp³-hybridized carbons (Fsp3) is 0.750. The van der Waals surface area contributed by atoms with E-state index in [-0.39, 0.29) is 0 Å². The molecule has 0 unspecified atom stereocenters. The second kappa shape index (κ2) is 5.95. The van der Waals surface area contributed by atoms with Gasteiger partial charge in [-0.2, -0.15) is 5.10 Å². The maximum atomic E-state index is 5.53. The molecular weight excluding hydrogens is 280 g/mol. The number of fused-ring (bicyclic) bond motifs is 1. The molecule has 0 amide bonds. The van der Waals surface area contributed by atoms with Crippen molar-refractivity contribution in [3.8, 4) is 0 Å². The molecule has 0 aromatic carbocycles. The lowest BCUT2D eigenvalue weighted by Gasteiger charge is -2.26. The number of rotatable bonds is 4. The Labute approximate surface area is 131 Å². The average Bonchev–Trinajstić information content (AvgIpc) is 2.96.